The highest BCUT2D eigenvalue weighted by molar-refractivity contribution is 6.12. The van der Waals surface area contributed by atoms with Crippen LogP contribution in [-0.4, -0.2) is 9.13 Å². The third-order valence-corrected chi connectivity index (χ3v) is 11.7. The van der Waals surface area contributed by atoms with Crippen LogP contribution in [0.2, 0.25) is 0 Å². The molecule has 11 rings (SSSR count). The number of benzene rings is 8. The van der Waals surface area contributed by atoms with E-state index in [1.54, 1.807) is 0 Å². The van der Waals surface area contributed by atoms with Gasteiger partial charge < -0.3 is 9.13 Å². The lowest BCUT2D eigenvalue weighted by Crippen LogP contribution is -2.14. The SMILES string of the molecule is CC1(C)c2ccccc2-c2cc(-c3ccc(-n4c5ccccc5c5cc(-c6ccc7c(c6)c6ccccc6n7-c6ccccc6)ccc54)cc3)ccc21. The van der Waals surface area contributed by atoms with Crippen molar-refractivity contribution < 1.29 is 0 Å². The Labute approximate surface area is 308 Å². The van der Waals surface area contributed by atoms with Crippen molar-refractivity contribution in [2.75, 3.05) is 0 Å². The summed E-state index contributed by atoms with van der Waals surface area (Å²) in [5.41, 5.74) is 17.7. The van der Waals surface area contributed by atoms with Crippen molar-refractivity contribution in [3.63, 3.8) is 0 Å². The van der Waals surface area contributed by atoms with Crippen LogP contribution in [0.15, 0.2) is 182 Å². The zero-order valence-corrected chi connectivity index (χ0v) is 29.7. The van der Waals surface area contributed by atoms with Crippen LogP contribution in [0.1, 0.15) is 25.0 Å². The molecule has 1 aliphatic rings. The molecule has 1 aliphatic carbocycles. The van der Waals surface area contributed by atoms with Gasteiger partial charge in [0.25, 0.3) is 0 Å². The molecule has 0 spiro atoms. The zero-order chi connectivity index (χ0) is 35.3. The van der Waals surface area contributed by atoms with Crippen molar-refractivity contribution in [3.8, 4) is 44.8 Å². The number of fused-ring (bicyclic) bond motifs is 9. The first kappa shape index (κ1) is 30.0. The average molecular weight is 677 g/mol. The van der Waals surface area contributed by atoms with Gasteiger partial charge in [-0.2, -0.15) is 0 Å². The number of hydrogen-bond donors (Lipinski definition) is 0. The smallest absolute Gasteiger partial charge is 0.0541 e. The van der Waals surface area contributed by atoms with Gasteiger partial charge in [-0.05, 0) is 111 Å². The Bertz CT molecular complexity index is 3060. The minimum absolute atomic E-state index is 0.0141. The van der Waals surface area contributed by atoms with Crippen LogP contribution >= 0.6 is 0 Å². The number of nitrogens with zero attached hydrogens (tertiary/aromatic N) is 2. The van der Waals surface area contributed by atoms with Gasteiger partial charge in [0, 0.05) is 38.3 Å². The van der Waals surface area contributed by atoms with E-state index in [9.17, 15) is 0 Å². The van der Waals surface area contributed by atoms with E-state index in [2.05, 4.69) is 205 Å². The minimum atomic E-state index is 0.0141. The molecular weight excluding hydrogens is 641 g/mol. The monoisotopic (exact) mass is 676 g/mol. The minimum Gasteiger partial charge on any atom is -0.309 e. The highest BCUT2D eigenvalue weighted by Gasteiger charge is 2.35. The van der Waals surface area contributed by atoms with Crippen LogP contribution in [0.3, 0.4) is 0 Å². The molecule has 0 unspecified atom stereocenters. The topological polar surface area (TPSA) is 9.86 Å². The third kappa shape index (κ3) is 4.39. The van der Waals surface area contributed by atoms with Crippen LogP contribution in [-0.2, 0) is 5.41 Å². The molecule has 0 radical (unpaired) electrons. The summed E-state index contributed by atoms with van der Waals surface area (Å²) < 4.78 is 4.79. The van der Waals surface area contributed by atoms with Gasteiger partial charge in [-0.15, -0.1) is 0 Å². The second-order valence-corrected chi connectivity index (χ2v) is 15.0. The first-order valence-electron chi connectivity index (χ1n) is 18.5. The lowest BCUT2D eigenvalue weighted by atomic mass is 9.82. The Morgan fingerprint density at radius 3 is 1.42 bits per heavy atom. The molecular formula is C51H36N2. The fraction of sp³-hybridized carbons (Fsp3) is 0.0588. The van der Waals surface area contributed by atoms with Crippen LogP contribution in [0, 0.1) is 0 Å². The fourth-order valence-corrected chi connectivity index (χ4v) is 9.14. The van der Waals surface area contributed by atoms with E-state index in [1.807, 2.05) is 0 Å². The number of hydrogen-bond acceptors (Lipinski definition) is 0. The maximum atomic E-state index is 2.41. The summed E-state index contributed by atoms with van der Waals surface area (Å²) in [6.07, 6.45) is 0. The van der Waals surface area contributed by atoms with Gasteiger partial charge in [-0.25, -0.2) is 0 Å². The molecule has 0 saturated carbocycles. The maximum absolute atomic E-state index is 2.41. The summed E-state index contributed by atoms with van der Waals surface area (Å²) in [6.45, 7) is 4.68. The van der Waals surface area contributed by atoms with E-state index in [1.165, 1.54) is 93.8 Å². The highest BCUT2D eigenvalue weighted by Crippen LogP contribution is 2.49. The predicted molar refractivity (Wildman–Crippen MR) is 224 cm³/mol. The number of para-hydroxylation sites is 3. The standard InChI is InChI=1S/C51H36N2/c1-51(2)45-17-9-6-14-39(45)42-30-34(22-27-46(42)51)33-20-25-38(26-21-33)53-48-19-11-8-16-41(48)44-32-36(24-29-50(44)53)35-23-28-49-43(31-35)40-15-7-10-18-47(40)52(49)37-12-4-3-5-13-37/h3-32H,1-2H3. The molecule has 0 amide bonds. The molecule has 2 aromatic heterocycles. The van der Waals surface area contributed by atoms with Crippen molar-refractivity contribution in [2.24, 2.45) is 0 Å². The number of aromatic nitrogens is 2. The Balaban J connectivity index is 1.00. The summed E-state index contributed by atoms with van der Waals surface area (Å²) in [5.74, 6) is 0. The van der Waals surface area contributed by atoms with E-state index in [0.717, 1.165) is 5.69 Å². The van der Waals surface area contributed by atoms with Crippen LogP contribution in [0.4, 0.5) is 0 Å². The van der Waals surface area contributed by atoms with Gasteiger partial charge in [0.05, 0.1) is 22.1 Å². The van der Waals surface area contributed by atoms with Crippen molar-refractivity contribution in [1.29, 1.82) is 0 Å². The highest BCUT2D eigenvalue weighted by atomic mass is 15.0. The largest absolute Gasteiger partial charge is 0.309 e. The molecule has 8 aromatic carbocycles. The second kappa shape index (κ2) is 11.2. The van der Waals surface area contributed by atoms with Crippen molar-refractivity contribution in [1.82, 2.24) is 9.13 Å². The van der Waals surface area contributed by atoms with Gasteiger partial charge in [0.1, 0.15) is 0 Å². The molecule has 250 valence electrons. The fourth-order valence-electron chi connectivity index (χ4n) is 9.14. The van der Waals surface area contributed by atoms with Gasteiger partial charge in [-0.3, -0.25) is 0 Å². The molecule has 0 N–H and O–H groups in total. The molecule has 2 heteroatoms. The first-order valence-corrected chi connectivity index (χ1v) is 18.5. The van der Waals surface area contributed by atoms with Crippen molar-refractivity contribution >= 4 is 43.6 Å². The van der Waals surface area contributed by atoms with Crippen molar-refractivity contribution in [2.45, 2.75) is 19.3 Å². The summed E-state index contributed by atoms with van der Waals surface area (Å²) in [7, 11) is 0. The van der Waals surface area contributed by atoms with Crippen molar-refractivity contribution in [3.05, 3.63) is 193 Å². The molecule has 10 aromatic rings. The van der Waals surface area contributed by atoms with Gasteiger partial charge in [0.15, 0.2) is 0 Å². The summed E-state index contributed by atoms with van der Waals surface area (Å²) in [5, 5.41) is 5.05. The molecule has 0 bridgehead atoms. The lowest BCUT2D eigenvalue weighted by Gasteiger charge is -2.21. The van der Waals surface area contributed by atoms with Crippen LogP contribution in [0.5, 0.6) is 0 Å². The van der Waals surface area contributed by atoms with E-state index in [0.29, 0.717) is 0 Å². The molecule has 0 fully saturated rings. The average Bonchev–Trinajstić information content (AvgIpc) is 3.81. The summed E-state index contributed by atoms with van der Waals surface area (Å²) in [4.78, 5) is 0. The normalized spacial score (nSPS) is 13.2. The quantitative estimate of drug-likeness (QED) is 0.176. The lowest BCUT2D eigenvalue weighted by molar-refractivity contribution is 0.660. The maximum Gasteiger partial charge on any atom is 0.0541 e. The second-order valence-electron chi connectivity index (χ2n) is 15.0. The predicted octanol–water partition coefficient (Wildman–Crippen LogP) is 13.5. The van der Waals surface area contributed by atoms with Crippen LogP contribution < -0.4 is 0 Å². The molecule has 2 nitrogen and oxygen atoms in total. The Morgan fingerprint density at radius 2 is 0.774 bits per heavy atom. The molecule has 0 aliphatic heterocycles. The van der Waals surface area contributed by atoms with Crippen LogP contribution in [0.25, 0.3) is 88.4 Å². The Morgan fingerprint density at radius 1 is 0.321 bits per heavy atom. The molecule has 0 atom stereocenters. The molecule has 0 saturated heterocycles. The van der Waals surface area contributed by atoms with Gasteiger partial charge >= 0.3 is 0 Å². The van der Waals surface area contributed by atoms with E-state index < -0.39 is 0 Å². The van der Waals surface area contributed by atoms with Gasteiger partial charge in [-0.1, -0.05) is 129 Å². The summed E-state index contributed by atoms with van der Waals surface area (Å²) >= 11 is 0. The Hall–Kier alpha value is -6.64. The van der Waals surface area contributed by atoms with E-state index in [-0.39, 0.29) is 5.41 Å². The van der Waals surface area contributed by atoms with E-state index >= 15 is 0 Å². The Kier molecular flexibility index (Phi) is 6.33. The summed E-state index contributed by atoms with van der Waals surface area (Å²) in [6, 6.07) is 67.1. The number of rotatable bonds is 4. The molecule has 2 heterocycles. The zero-order valence-electron chi connectivity index (χ0n) is 29.7. The van der Waals surface area contributed by atoms with Gasteiger partial charge in [0.2, 0.25) is 0 Å². The first-order chi connectivity index (χ1) is 26.0. The van der Waals surface area contributed by atoms with E-state index in [4.69, 9.17) is 0 Å². The third-order valence-electron chi connectivity index (χ3n) is 11.7. The molecule has 53 heavy (non-hydrogen) atoms.